The van der Waals surface area contributed by atoms with Gasteiger partial charge in [0.25, 0.3) is 0 Å². The summed E-state index contributed by atoms with van der Waals surface area (Å²) in [6.07, 6.45) is 0. The fourth-order valence-corrected chi connectivity index (χ4v) is 1.56. The van der Waals surface area contributed by atoms with Crippen molar-refractivity contribution in [2.45, 2.75) is 27.7 Å². The standard InChI is InChI=1S/C9H12O.C8H10/c1-7-4-5-8(2)9(6-7)10-3;1-7-3-5-8(2)6-4-7/h4-6H,1-3H3;3-6H,1-2H3. The zero-order valence-corrected chi connectivity index (χ0v) is 11.9. The monoisotopic (exact) mass is 242 g/mol. The average molecular weight is 242 g/mol. The molecule has 0 aliphatic heterocycles. The van der Waals surface area contributed by atoms with E-state index in [1.54, 1.807) is 7.11 Å². The molecule has 0 amide bonds. The maximum atomic E-state index is 5.13. The van der Waals surface area contributed by atoms with E-state index in [0.717, 1.165) is 5.75 Å². The summed E-state index contributed by atoms with van der Waals surface area (Å²) < 4.78 is 5.13. The van der Waals surface area contributed by atoms with Gasteiger partial charge in [0.1, 0.15) is 5.75 Å². The normalized spacial score (nSPS) is 9.39. The maximum Gasteiger partial charge on any atom is 0.122 e. The van der Waals surface area contributed by atoms with Gasteiger partial charge in [-0.1, -0.05) is 47.5 Å². The van der Waals surface area contributed by atoms with Gasteiger partial charge in [-0.05, 0) is 44.9 Å². The van der Waals surface area contributed by atoms with Crippen molar-refractivity contribution in [1.29, 1.82) is 0 Å². The van der Waals surface area contributed by atoms with E-state index in [4.69, 9.17) is 4.74 Å². The highest BCUT2D eigenvalue weighted by Crippen LogP contribution is 2.17. The third-order valence-electron chi connectivity index (χ3n) is 2.78. The van der Waals surface area contributed by atoms with Crippen LogP contribution in [0.3, 0.4) is 0 Å². The van der Waals surface area contributed by atoms with E-state index in [2.05, 4.69) is 57.2 Å². The minimum atomic E-state index is 0.972. The first kappa shape index (κ1) is 14.3. The lowest BCUT2D eigenvalue weighted by Crippen LogP contribution is -1.86. The van der Waals surface area contributed by atoms with Crippen LogP contribution in [-0.4, -0.2) is 7.11 Å². The Balaban J connectivity index is 0.000000184. The molecule has 0 bridgehead atoms. The molecule has 0 N–H and O–H groups in total. The van der Waals surface area contributed by atoms with E-state index >= 15 is 0 Å². The molecule has 2 rings (SSSR count). The van der Waals surface area contributed by atoms with Crippen molar-refractivity contribution in [2.24, 2.45) is 0 Å². The molecule has 0 fully saturated rings. The van der Waals surface area contributed by atoms with E-state index in [9.17, 15) is 0 Å². The molecule has 0 spiro atoms. The fourth-order valence-electron chi connectivity index (χ4n) is 1.56. The second kappa shape index (κ2) is 6.85. The Morgan fingerprint density at radius 3 is 1.50 bits per heavy atom. The van der Waals surface area contributed by atoms with Gasteiger partial charge in [-0.2, -0.15) is 0 Å². The van der Waals surface area contributed by atoms with Crippen LogP contribution in [-0.2, 0) is 0 Å². The predicted octanol–water partition coefficient (Wildman–Crippen LogP) is 4.62. The highest BCUT2D eigenvalue weighted by molar-refractivity contribution is 5.35. The summed E-state index contributed by atoms with van der Waals surface area (Å²) in [5.41, 5.74) is 5.08. The molecule has 0 saturated carbocycles. The average Bonchev–Trinajstić information content (AvgIpc) is 2.37. The zero-order valence-electron chi connectivity index (χ0n) is 11.9. The maximum absolute atomic E-state index is 5.13. The molecule has 96 valence electrons. The van der Waals surface area contributed by atoms with Crippen LogP contribution in [0.4, 0.5) is 0 Å². The van der Waals surface area contributed by atoms with Gasteiger partial charge in [0.05, 0.1) is 7.11 Å². The number of hydrogen-bond donors (Lipinski definition) is 0. The highest BCUT2D eigenvalue weighted by Gasteiger charge is 1.95. The van der Waals surface area contributed by atoms with Crippen LogP contribution in [0, 0.1) is 27.7 Å². The Bertz CT molecular complexity index is 462. The fraction of sp³-hybridized carbons (Fsp3) is 0.294. The van der Waals surface area contributed by atoms with Crippen molar-refractivity contribution < 1.29 is 4.74 Å². The highest BCUT2D eigenvalue weighted by atomic mass is 16.5. The number of rotatable bonds is 1. The van der Waals surface area contributed by atoms with Crippen molar-refractivity contribution >= 4 is 0 Å². The van der Waals surface area contributed by atoms with Gasteiger partial charge in [-0.3, -0.25) is 0 Å². The second-order valence-corrected chi connectivity index (χ2v) is 4.63. The van der Waals surface area contributed by atoms with Gasteiger partial charge < -0.3 is 4.74 Å². The summed E-state index contributed by atoms with van der Waals surface area (Å²) in [5, 5.41) is 0. The minimum Gasteiger partial charge on any atom is -0.496 e. The molecule has 0 saturated heterocycles. The van der Waals surface area contributed by atoms with Crippen molar-refractivity contribution in [3.8, 4) is 5.75 Å². The second-order valence-electron chi connectivity index (χ2n) is 4.63. The quantitative estimate of drug-likeness (QED) is 0.709. The molecular weight excluding hydrogens is 220 g/mol. The van der Waals surface area contributed by atoms with Gasteiger partial charge in [0, 0.05) is 0 Å². The molecule has 0 heterocycles. The van der Waals surface area contributed by atoms with Crippen LogP contribution in [0.25, 0.3) is 0 Å². The molecule has 0 aromatic heterocycles. The van der Waals surface area contributed by atoms with Crippen LogP contribution in [0.15, 0.2) is 42.5 Å². The molecule has 1 nitrogen and oxygen atoms in total. The third-order valence-corrected chi connectivity index (χ3v) is 2.78. The van der Waals surface area contributed by atoms with Gasteiger partial charge in [0.15, 0.2) is 0 Å². The first-order chi connectivity index (χ1) is 8.52. The molecule has 2 aromatic rings. The third kappa shape index (κ3) is 4.62. The van der Waals surface area contributed by atoms with Crippen LogP contribution in [0.5, 0.6) is 5.75 Å². The van der Waals surface area contributed by atoms with Crippen molar-refractivity contribution in [3.05, 3.63) is 64.7 Å². The van der Waals surface area contributed by atoms with Gasteiger partial charge in [-0.25, -0.2) is 0 Å². The van der Waals surface area contributed by atoms with Crippen molar-refractivity contribution in [2.75, 3.05) is 7.11 Å². The molecular formula is C17H22O. The van der Waals surface area contributed by atoms with E-state index in [-0.39, 0.29) is 0 Å². The Morgan fingerprint density at radius 1 is 0.667 bits per heavy atom. The van der Waals surface area contributed by atoms with Gasteiger partial charge in [0.2, 0.25) is 0 Å². The summed E-state index contributed by atoms with van der Waals surface area (Å²) in [5.74, 6) is 0.972. The number of aryl methyl sites for hydroxylation is 4. The van der Waals surface area contributed by atoms with Crippen LogP contribution < -0.4 is 4.74 Å². The molecule has 0 atom stereocenters. The molecule has 1 heteroatoms. The lowest BCUT2D eigenvalue weighted by molar-refractivity contribution is 0.411. The molecule has 0 aliphatic carbocycles. The number of methoxy groups -OCH3 is 1. The lowest BCUT2D eigenvalue weighted by atomic mass is 10.1. The predicted molar refractivity (Wildman–Crippen MR) is 78.4 cm³/mol. The molecule has 2 aromatic carbocycles. The Morgan fingerprint density at radius 2 is 1.11 bits per heavy atom. The van der Waals surface area contributed by atoms with E-state index < -0.39 is 0 Å². The molecule has 0 radical (unpaired) electrons. The molecule has 18 heavy (non-hydrogen) atoms. The molecule has 0 aliphatic rings. The Hall–Kier alpha value is -1.76. The number of ether oxygens (including phenoxy) is 1. The van der Waals surface area contributed by atoms with E-state index in [1.165, 1.54) is 22.3 Å². The summed E-state index contributed by atoms with van der Waals surface area (Å²) >= 11 is 0. The van der Waals surface area contributed by atoms with E-state index in [0.29, 0.717) is 0 Å². The summed E-state index contributed by atoms with van der Waals surface area (Å²) in [4.78, 5) is 0. The van der Waals surface area contributed by atoms with Crippen LogP contribution in [0.1, 0.15) is 22.3 Å². The minimum absolute atomic E-state index is 0.972. The summed E-state index contributed by atoms with van der Waals surface area (Å²) in [7, 11) is 1.70. The zero-order chi connectivity index (χ0) is 13.5. The van der Waals surface area contributed by atoms with Crippen LogP contribution in [0.2, 0.25) is 0 Å². The Kier molecular flexibility index (Phi) is 5.44. The number of hydrogen-bond acceptors (Lipinski definition) is 1. The Labute approximate surface area is 110 Å². The van der Waals surface area contributed by atoms with Gasteiger partial charge >= 0.3 is 0 Å². The topological polar surface area (TPSA) is 9.23 Å². The van der Waals surface area contributed by atoms with Gasteiger partial charge in [-0.15, -0.1) is 0 Å². The number of benzene rings is 2. The smallest absolute Gasteiger partial charge is 0.122 e. The summed E-state index contributed by atoms with van der Waals surface area (Å²) in [6.45, 7) is 8.29. The van der Waals surface area contributed by atoms with E-state index in [1.807, 2.05) is 13.0 Å². The molecule has 0 unspecified atom stereocenters. The summed E-state index contributed by atoms with van der Waals surface area (Å²) in [6, 6.07) is 14.7. The van der Waals surface area contributed by atoms with Crippen LogP contribution >= 0.6 is 0 Å². The first-order valence-electron chi connectivity index (χ1n) is 6.17. The first-order valence-corrected chi connectivity index (χ1v) is 6.17. The SMILES string of the molecule is COc1cc(C)ccc1C.Cc1ccc(C)cc1. The van der Waals surface area contributed by atoms with Crippen molar-refractivity contribution in [1.82, 2.24) is 0 Å². The van der Waals surface area contributed by atoms with Crippen molar-refractivity contribution in [3.63, 3.8) is 0 Å². The lowest BCUT2D eigenvalue weighted by Gasteiger charge is -2.03. The largest absolute Gasteiger partial charge is 0.496 e.